The Morgan fingerprint density at radius 2 is 2.15 bits per heavy atom. The molecule has 0 bridgehead atoms. The number of nitrogens with zero attached hydrogens (tertiary/aromatic N) is 3. The molecule has 1 fully saturated rings. The van der Waals surface area contributed by atoms with Crippen molar-refractivity contribution in [1.29, 1.82) is 0 Å². The van der Waals surface area contributed by atoms with Gasteiger partial charge in [0.25, 0.3) is 5.69 Å². The number of nitro groups is 1. The van der Waals surface area contributed by atoms with Gasteiger partial charge in [0.05, 0.1) is 44.6 Å². The van der Waals surface area contributed by atoms with Crippen LogP contribution in [-0.4, -0.2) is 49.6 Å². The topological polar surface area (TPSA) is 100 Å². The Morgan fingerprint density at radius 1 is 1.45 bits per heavy atom. The number of nitro benzene ring substituents is 1. The van der Waals surface area contributed by atoms with Gasteiger partial charge in [-0.1, -0.05) is 0 Å². The smallest absolute Gasteiger partial charge is 0.266 e. The van der Waals surface area contributed by atoms with Crippen LogP contribution >= 0.6 is 0 Å². The van der Waals surface area contributed by atoms with E-state index in [1.165, 1.54) is 25.5 Å². The predicted molar refractivity (Wildman–Crippen MR) is 69.1 cm³/mol. The van der Waals surface area contributed by atoms with Crippen LogP contribution in [0.1, 0.15) is 5.56 Å². The first-order valence-corrected chi connectivity index (χ1v) is 6.02. The van der Waals surface area contributed by atoms with Gasteiger partial charge >= 0.3 is 0 Å². The molecule has 8 nitrogen and oxygen atoms in total. The van der Waals surface area contributed by atoms with Crippen LogP contribution in [0.25, 0.3) is 0 Å². The normalized spacial score (nSPS) is 15.6. The van der Waals surface area contributed by atoms with Crippen molar-refractivity contribution in [2.75, 3.05) is 33.4 Å². The molecule has 1 saturated heterocycles. The summed E-state index contributed by atoms with van der Waals surface area (Å²) in [6.45, 7) is 2.52. The van der Waals surface area contributed by atoms with Crippen molar-refractivity contribution in [2.24, 2.45) is 5.10 Å². The molecule has 0 spiro atoms. The molecule has 108 valence electrons. The van der Waals surface area contributed by atoms with E-state index in [1.54, 1.807) is 5.01 Å². The maximum atomic E-state index is 11.7. The molecule has 20 heavy (non-hydrogen) atoms. The van der Waals surface area contributed by atoms with Gasteiger partial charge in [-0.05, 0) is 6.07 Å². The Kier molecular flexibility index (Phi) is 4.36. The predicted octanol–water partition coefficient (Wildman–Crippen LogP) is 0.343. The van der Waals surface area contributed by atoms with E-state index in [0.29, 0.717) is 31.9 Å². The Bertz CT molecular complexity index is 526. The van der Waals surface area contributed by atoms with E-state index in [4.69, 9.17) is 9.47 Å². The zero-order valence-corrected chi connectivity index (χ0v) is 10.9. The van der Waals surface area contributed by atoms with Gasteiger partial charge in [0, 0.05) is 17.4 Å². The average molecular weight is 280 g/mol. The van der Waals surface area contributed by atoms with E-state index in [2.05, 4.69) is 5.10 Å². The third-order valence-corrected chi connectivity index (χ3v) is 2.83. The van der Waals surface area contributed by atoms with Crippen LogP contribution in [-0.2, 0) is 4.74 Å². The van der Waals surface area contributed by atoms with E-state index in [1.807, 2.05) is 0 Å². The van der Waals surface area contributed by atoms with Gasteiger partial charge in [0.1, 0.15) is 5.75 Å². The van der Waals surface area contributed by atoms with Gasteiger partial charge in [-0.2, -0.15) is 5.10 Å². The maximum Gasteiger partial charge on any atom is 0.266 e. The van der Waals surface area contributed by atoms with Crippen molar-refractivity contribution in [1.82, 2.24) is 5.01 Å². The van der Waals surface area contributed by atoms with Crippen LogP contribution < -0.4 is 9.84 Å². The zero-order valence-electron chi connectivity index (χ0n) is 10.9. The lowest BCUT2D eigenvalue weighted by atomic mass is 10.2. The summed E-state index contributed by atoms with van der Waals surface area (Å²) in [6, 6.07) is 2.62. The first-order valence-electron chi connectivity index (χ1n) is 6.02. The molecule has 0 saturated carbocycles. The standard InChI is InChI=1S/C12H15N3O5/c1-19-11-7-9(6-10(12(11)16)15(17)18)8-13-14-2-4-20-5-3-14/h6-8,16H,2-5H2,1H3/p-1/b13-8-. The Morgan fingerprint density at radius 3 is 2.75 bits per heavy atom. The third-order valence-electron chi connectivity index (χ3n) is 2.83. The number of methoxy groups -OCH3 is 1. The summed E-state index contributed by atoms with van der Waals surface area (Å²) in [7, 11) is 1.29. The van der Waals surface area contributed by atoms with E-state index in [9.17, 15) is 15.2 Å². The second-order valence-corrected chi connectivity index (χ2v) is 4.14. The number of morpholine rings is 1. The molecule has 1 heterocycles. The summed E-state index contributed by atoms with van der Waals surface area (Å²) in [5.41, 5.74) is -0.0765. The SMILES string of the molecule is COc1cc(/C=N\N2CCOCC2)cc([N+](=O)[O-])c1[O-]. The highest BCUT2D eigenvalue weighted by molar-refractivity contribution is 5.82. The summed E-state index contributed by atoms with van der Waals surface area (Å²) in [6.07, 6.45) is 1.47. The van der Waals surface area contributed by atoms with Crippen molar-refractivity contribution >= 4 is 11.9 Å². The summed E-state index contributed by atoms with van der Waals surface area (Å²) in [5, 5.41) is 28.5. The maximum absolute atomic E-state index is 11.7. The highest BCUT2D eigenvalue weighted by Gasteiger charge is 2.13. The van der Waals surface area contributed by atoms with Gasteiger partial charge in [-0.3, -0.25) is 15.1 Å². The molecular weight excluding hydrogens is 266 g/mol. The Balaban J connectivity index is 2.24. The van der Waals surface area contributed by atoms with Crippen molar-refractivity contribution in [3.05, 3.63) is 27.8 Å². The van der Waals surface area contributed by atoms with Crippen LogP contribution in [0.5, 0.6) is 11.5 Å². The molecule has 0 amide bonds. The lowest BCUT2D eigenvalue weighted by Crippen LogP contribution is -2.32. The molecular formula is C12H14N3O5-. The minimum atomic E-state index is -0.735. The Hall–Kier alpha value is -2.35. The van der Waals surface area contributed by atoms with Gasteiger partial charge in [0.15, 0.2) is 0 Å². The highest BCUT2D eigenvalue weighted by Crippen LogP contribution is 2.33. The highest BCUT2D eigenvalue weighted by atomic mass is 16.6. The van der Waals surface area contributed by atoms with Crippen LogP contribution in [0.15, 0.2) is 17.2 Å². The number of ether oxygens (including phenoxy) is 2. The molecule has 1 aromatic carbocycles. The molecule has 0 unspecified atom stereocenters. The van der Waals surface area contributed by atoms with Crippen LogP contribution in [0, 0.1) is 10.1 Å². The van der Waals surface area contributed by atoms with Gasteiger partial charge < -0.3 is 14.6 Å². The van der Waals surface area contributed by atoms with Crippen LogP contribution in [0.3, 0.4) is 0 Å². The lowest BCUT2D eigenvalue weighted by molar-refractivity contribution is -0.398. The third kappa shape index (κ3) is 3.15. The van der Waals surface area contributed by atoms with E-state index in [0.717, 1.165) is 0 Å². The van der Waals surface area contributed by atoms with Crippen molar-refractivity contribution in [3.8, 4) is 11.5 Å². The van der Waals surface area contributed by atoms with Crippen LogP contribution in [0.4, 0.5) is 5.69 Å². The number of hydrazone groups is 1. The minimum absolute atomic E-state index is 0.0670. The molecule has 1 aliphatic heterocycles. The first kappa shape index (κ1) is 14.1. The second-order valence-electron chi connectivity index (χ2n) is 4.14. The summed E-state index contributed by atoms with van der Waals surface area (Å²) < 4.78 is 10.0. The molecule has 0 radical (unpaired) electrons. The number of benzene rings is 1. The van der Waals surface area contributed by atoms with E-state index < -0.39 is 16.4 Å². The fraction of sp³-hybridized carbons (Fsp3) is 0.417. The average Bonchev–Trinajstić information content (AvgIpc) is 2.47. The molecule has 1 aromatic rings. The molecule has 1 aliphatic rings. The monoisotopic (exact) mass is 280 g/mol. The molecule has 0 aromatic heterocycles. The number of rotatable bonds is 4. The molecule has 8 heteroatoms. The van der Waals surface area contributed by atoms with Crippen molar-refractivity contribution in [2.45, 2.75) is 0 Å². The second kappa shape index (κ2) is 6.20. The zero-order chi connectivity index (χ0) is 14.5. The van der Waals surface area contributed by atoms with E-state index in [-0.39, 0.29) is 5.75 Å². The molecule has 0 atom stereocenters. The fourth-order valence-corrected chi connectivity index (χ4v) is 1.79. The fourth-order valence-electron chi connectivity index (χ4n) is 1.79. The van der Waals surface area contributed by atoms with Crippen molar-refractivity contribution in [3.63, 3.8) is 0 Å². The lowest BCUT2D eigenvalue weighted by Gasteiger charge is -2.23. The summed E-state index contributed by atoms with van der Waals surface area (Å²) in [5.74, 6) is -0.802. The number of hydrogen-bond donors (Lipinski definition) is 0. The van der Waals surface area contributed by atoms with Crippen LogP contribution in [0.2, 0.25) is 0 Å². The largest absolute Gasteiger partial charge is 0.865 e. The van der Waals surface area contributed by atoms with Gasteiger partial charge in [-0.15, -0.1) is 0 Å². The molecule has 2 rings (SSSR count). The quantitative estimate of drug-likeness (QED) is 0.448. The Labute approximate surface area is 115 Å². The summed E-state index contributed by atoms with van der Waals surface area (Å²) in [4.78, 5) is 10.1. The summed E-state index contributed by atoms with van der Waals surface area (Å²) >= 11 is 0. The first-order chi connectivity index (χ1) is 9.61. The van der Waals surface area contributed by atoms with Gasteiger partial charge in [-0.25, -0.2) is 0 Å². The molecule has 0 N–H and O–H groups in total. The molecule has 0 aliphatic carbocycles. The van der Waals surface area contributed by atoms with Crippen molar-refractivity contribution < 1.29 is 19.5 Å². The van der Waals surface area contributed by atoms with Gasteiger partial charge in [0.2, 0.25) is 0 Å². The minimum Gasteiger partial charge on any atom is -0.865 e. The van der Waals surface area contributed by atoms with E-state index >= 15 is 0 Å². The number of hydrogen-bond acceptors (Lipinski definition) is 7.